The Bertz CT molecular complexity index is 842. The average Bonchev–Trinajstić information content (AvgIpc) is 2.67. The van der Waals surface area contributed by atoms with Gasteiger partial charge in [-0.2, -0.15) is 0 Å². The summed E-state index contributed by atoms with van der Waals surface area (Å²) in [4.78, 5) is 29.3. The van der Waals surface area contributed by atoms with E-state index in [0.717, 1.165) is 11.1 Å². The van der Waals surface area contributed by atoms with E-state index in [2.05, 4.69) is 10.2 Å². The lowest BCUT2D eigenvalue weighted by atomic mass is 9.98. The van der Waals surface area contributed by atoms with Gasteiger partial charge in [0.25, 0.3) is 0 Å². The molecule has 2 aliphatic rings. The molecule has 0 unspecified atom stereocenters. The first kappa shape index (κ1) is 17.7. The molecule has 0 radical (unpaired) electrons. The topological polar surface area (TPSA) is 52.7 Å². The first-order valence-corrected chi connectivity index (χ1v) is 9.22. The van der Waals surface area contributed by atoms with Gasteiger partial charge in [-0.1, -0.05) is 42.5 Å². The molecule has 6 heteroatoms. The summed E-state index contributed by atoms with van der Waals surface area (Å²) < 4.78 is 13.4. The summed E-state index contributed by atoms with van der Waals surface area (Å²) in [5.74, 6) is -0.395. The number of hydrogen-bond acceptors (Lipinski definition) is 3. The van der Waals surface area contributed by atoms with Crippen LogP contribution in [0.15, 0.2) is 54.6 Å². The van der Waals surface area contributed by atoms with E-state index in [1.807, 2.05) is 36.4 Å². The number of hydrogen-bond donors (Lipinski definition) is 1. The zero-order valence-electron chi connectivity index (χ0n) is 15.0. The molecule has 5 nitrogen and oxygen atoms in total. The molecule has 2 atom stereocenters. The van der Waals surface area contributed by atoms with E-state index < -0.39 is 12.1 Å². The minimum atomic E-state index is -0.508. The van der Waals surface area contributed by atoms with Crippen LogP contribution in [-0.4, -0.2) is 53.3 Å². The Morgan fingerprint density at radius 3 is 2.56 bits per heavy atom. The van der Waals surface area contributed by atoms with Gasteiger partial charge in [0.05, 0.1) is 0 Å². The van der Waals surface area contributed by atoms with Crippen molar-refractivity contribution >= 4 is 11.8 Å². The first-order valence-electron chi connectivity index (χ1n) is 9.22. The van der Waals surface area contributed by atoms with Crippen LogP contribution in [0.5, 0.6) is 0 Å². The Kier molecular flexibility index (Phi) is 4.90. The van der Waals surface area contributed by atoms with Crippen molar-refractivity contribution in [2.75, 3.05) is 19.6 Å². The van der Waals surface area contributed by atoms with Gasteiger partial charge in [0.15, 0.2) is 0 Å². The lowest BCUT2D eigenvalue weighted by Crippen LogP contribution is -2.69. The SMILES string of the molecule is O=C1N[C@@H](Cc2ccccc2)C(=O)N2CCN(Cc3cccc(F)c3)C[C@H]12. The van der Waals surface area contributed by atoms with Crippen molar-refractivity contribution in [2.45, 2.75) is 25.0 Å². The normalized spacial score (nSPS) is 23.1. The Labute approximate surface area is 157 Å². The summed E-state index contributed by atoms with van der Waals surface area (Å²) in [5, 5.41) is 2.89. The fourth-order valence-corrected chi connectivity index (χ4v) is 3.88. The predicted molar refractivity (Wildman–Crippen MR) is 99.3 cm³/mol. The van der Waals surface area contributed by atoms with E-state index in [-0.39, 0.29) is 17.6 Å². The molecule has 2 fully saturated rings. The van der Waals surface area contributed by atoms with E-state index >= 15 is 0 Å². The number of nitrogens with zero attached hydrogens (tertiary/aromatic N) is 2. The molecule has 4 rings (SSSR count). The van der Waals surface area contributed by atoms with Crippen LogP contribution < -0.4 is 5.32 Å². The van der Waals surface area contributed by atoms with E-state index in [1.54, 1.807) is 11.0 Å². The molecule has 0 bridgehead atoms. The van der Waals surface area contributed by atoms with Gasteiger partial charge < -0.3 is 10.2 Å². The molecular weight excluding hydrogens is 345 g/mol. The van der Waals surface area contributed by atoms with Gasteiger partial charge in [0.1, 0.15) is 17.9 Å². The van der Waals surface area contributed by atoms with Gasteiger partial charge in [-0.15, -0.1) is 0 Å². The van der Waals surface area contributed by atoms with Crippen LogP contribution in [0.1, 0.15) is 11.1 Å². The van der Waals surface area contributed by atoms with Crippen molar-refractivity contribution in [3.63, 3.8) is 0 Å². The van der Waals surface area contributed by atoms with E-state index in [9.17, 15) is 14.0 Å². The Morgan fingerprint density at radius 1 is 1.00 bits per heavy atom. The number of rotatable bonds is 4. The van der Waals surface area contributed by atoms with Gasteiger partial charge in [-0.3, -0.25) is 14.5 Å². The largest absolute Gasteiger partial charge is 0.342 e. The van der Waals surface area contributed by atoms with Crippen molar-refractivity contribution in [2.24, 2.45) is 0 Å². The van der Waals surface area contributed by atoms with Crippen LogP contribution in [0.3, 0.4) is 0 Å². The standard InChI is InChI=1S/C21H22FN3O2/c22-17-8-4-7-16(11-17)13-24-9-10-25-19(14-24)20(26)23-18(21(25)27)12-15-5-2-1-3-6-15/h1-8,11,18-19H,9-10,12-14H2,(H,23,26)/t18-,19+/m0/s1. The molecule has 2 heterocycles. The number of fused-ring (bicyclic) bond motifs is 1. The molecule has 140 valence electrons. The summed E-state index contributed by atoms with van der Waals surface area (Å²) in [6, 6.07) is 15.2. The zero-order valence-corrected chi connectivity index (χ0v) is 15.0. The monoisotopic (exact) mass is 367 g/mol. The van der Waals surface area contributed by atoms with Crippen molar-refractivity contribution in [3.05, 3.63) is 71.5 Å². The third-order valence-electron chi connectivity index (χ3n) is 5.24. The highest BCUT2D eigenvalue weighted by Crippen LogP contribution is 2.20. The number of carbonyl (C=O) groups is 2. The molecule has 1 N–H and O–H groups in total. The van der Waals surface area contributed by atoms with Crippen LogP contribution in [-0.2, 0) is 22.6 Å². The van der Waals surface area contributed by atoms with E-state index in [4.69, 9.17) is 0 Å². The summed E-state index contributed by atoms with van der Waals surface area (Å²) in [6.45, 7) is 2.21. The van der Waals surface area contributed by atoms with Crippen LogP contribution >= 0.6 is 0 Å². The molecule has 2 saturated heterocycles. The highest BCUT2D eigenvalue weighted by Gasteiger charge is 2.43. The number of piperazine rings is 2. The smallest absolute Gasteiger partial charge is 0.246 e. The lowest BCUT2D eigenvalue weighted by molar-refractivity contribution is -0.153. The fraction of sp³-hybridized carbons (Fsp3) is 0.333. The molecule has 2 amide bonds. The molecule has 2 aromatic rings. The Morgan fingerprint density at radius 2 is 1.78 bits per heavy atom. The molecule has 0 aliphatic carbocycles. The summed E-state index contributed by atoms with van der Waals surface area (Å²) >= 11 is 0. The van der Waals surface area contributed by atoms with Gasteiger partial charge in [-0.25, -0.2) is 4.39 Å². The number of carbonyl (C=O) groups excluding carboxylic acids is 2. The van der Waals surface area contributed by atoms with Crippen molar-refractivity contribution < 1.29 is 14.0 Å². The summed E-state index contributed by atoms with van der Waals surface area (Å²) in [6.07, 6.45) is 0.502. The number of nitrogens with one attached hydrogen (secondary N) is 1. The number of amides is 2. The molecule has 2 aliphatic heterocycles. The Balaban J connectivity index is 1.42. The lowest BCUT2D eigenvalue weighted by Gasteiger charge is -2.45. The third kappa shape index (κ3) is 3.85. The van der Waals surface area contributed by atoms with Crippen LogP contribution in [0.25, 0.3) is 0 Å². The van der Waals surface area contributed by atoms with Crippen LogP contribution in [0.4, 0.5) is 4.39 Å². The average molecular weight is 367 g/mol. The highest BCUT2D eigenvalue weighted by atomic mass is 19.1. The minimum absolute atomic E-state index is 0.0196. The molecule has 27 heavy (non-hydrogen) atoms. The van der Waals surface area contributed by atoms with E-state index in [0.29, 0.717) is 32.6 Å². The molecule has 0 saturated carbocycles. The maximum atomic E-state index is 13.4. The van der Waals surface area contributed by atoms with Gasteiger partial charge in [0.2, 0.25) is 11.8 Å². The summed E-state index contributed by atoms with van der Waals surface area (Å²) in [5.41, 5.74) is 1.90. The van der Waals surface area contributed by atoms with Gasteiger partial charge in [0, 0.05) is 32.6 Å². The molecule has 0 aromatic heterocycles. The fourth-order valence-electron chi connectivity index (χ4n) is 3.88. The second-order valence-corrected chi connectivity index (χ2v) is 7.16. The quantitative estimate of drug-likeness (QED) is 0.893. The van der Waals surface area contributed by atoms with Gasteiger partial charge >= 0.3 is 0 Å². The molecule has 2 aromatic carbocycles. The summed E-state index contributed by atoms with van der Waals surface area (Å²) in [7, 11) is 0. The first-order chi connectivity index (χ1) is 13.1. The zero-order chi connectivity index (χ0) is 18.8. The molecular formula is C21H22FN3O2. The predicted octanol–water partition coefficient (Wildman–Crippen LogP) is 1.58. The second kappa shape index (κ2) is 7.48. The minimum Gasteiger partial charge on any atom is -0.342 e. The highest BCUT2D eigenvalue weighted by molar-refractivity contribution is 5.97. The van der Waals surface area contributed by atoms with E-state index in [1.165, 1.54) is 12.1 Å². The number of benzene rings is 2. The maximum Gasteiger partial charge on any atom is 0.246 e. The maximum absolute atomic E-state index is 13.4. The second-order valence-electron chi connectivity index (χ2n) is 7.16. The third-order valence-corrected chi connectivity index (χ3v) is 5.24. The van der Waals surface area contributed by atoms with Crippen molar-refractivity contribution in [1.29, 1.82) is 0 Å². The molecule has 0 spiro atoms. The van der Waals surface area contributed by atoms with Crippen molar-refractivity contribution in [3.8, 4) is 0 Å². The van der Waals surface area contributed by atoms with Crippen molar-refractivity contribution in [1.82, 2.24) is 15.1 Å². The van der Waals surface area contributed by atoms with Crippen LogP contribution in [0.2, 0.25) is 0 Å². The Hall–Kier alpha value is -2.73. The van der Waals surface area contributed by atoms with Crippen LogP contribution in [0, 0.1) is 5.82 Å². The number of halogens is 1. The van der Waals surface area contributed by atoms with Gasteiger partial charge in [-0.05, 0) is 23.3 Å².